The van der Waals surface area contributed by atoms with Crippen LogP contribution >= 0.6 is 11.6 Å². The van der Waals surface area contributed by atoms with Gasteiger partial charge in [0.15, 0.2) is 11.6 Å². The van der Waals surface area contributed by atoms with E-state index in [2.05, 4.69) is 9.97 Å². The van der Waals surface area contributed by atoms with Crippen LogP contribution in [0.25, 0.3) is 0 Å². The largest absolute Gasteiger partial charge is 0.452 e. The second-order valence-electron chi connectivity index (χ2n) is 5.62. The first-order valence-corrected chi connectivity index (χ1v) is 9.81. The molecule has 8 nitrogen and oxygen atoms in total. The van der Waals surface area contributed by atoms with Crippen molar-refractivity contribution in [2.24, 2.45) is 0 Å². The minimum atomic E-state index is -3.20. The molecule has 0 unspecified atom stereocenters. The Morgan fingerprint density at radius 3 is 2.40 bits per heavy atom. The van der Waals surface area contributed by atoms with Crippen molar-refractivity contribution in [1.29, 1.82) is 0 Å². The van der Waals surface area contributed by atoms with Gasteiger partial charge in [0, 0.05) is 31.2 Å². The van der Waals surface area contributed by atoms with Gasteiger partial charge in [-0.25, -0.2) is 13.4 Å². The van der Waals surface area contributed by atoms with Gasteiger partial charge in [-0.3, -0.25) is 0 Å². The summed E-state index contributed by atoms with van der Waals surface area (Å²) in [4.78, 5) is 10.2. The van der Waals surface area contributed by atoms with Crippen LogP contribution < -0.4 is 15.4 Å². The minimum absolute atomic E-state index is 0.129. The van der Waals surface area contributed by atoms with Gasteiger partial charge in [-0.1, -0.05) is 11.6 Å². The van der Waals surface area contributed by atoms with Crippen LogP contribution in [-0.2, 0) is 10.0 Å². The standard InChI is InChI=1S/C15H18ClN5O3S/c1-25(22,23)21-8-6-20(7-9-21)14-13(10-18-15(17)19-14)24-12-4-2-11(16)3-5-12/h2-5,10H,6-9H2,1H3,(H2,17,18,19). The summed E-state index contributed by atoms with van der Waals surface area (Å²) >= 11 is 5.88. The molecule has 0 saturated carbocycles. The molecular weight excluding hydrogens is 366 g/mol. The fourth-order valence-corrected chi connectivity index (χ4v) is 3.49. The molecule has 1 aromatic carbocycles. The zero-order valence-corrected chi connectivity index (χ0v) is 15.2. The van der Waals surface area contributed by atoms with E-state index in [1.807, 2.05) is 4.90 Å². The minimum Gasteiger partial charge on any atom is -0.452 e. The number of anilines is 2. The molecule has 1 aromatic heterocycles. The first-order chi connectivity index (χ1) is 11.8. The van der Waals surface area contributed by atoms with Crippen LogP contribution in [0.5, 0.6) is 11.5 Å². The number of aromatic nitrogens is 2. The van der Waals surface area contributed by atoms with Crippen molar-refractivity contribution in [2.75, 3.05) is 43.1 Å². The summed E-state index contributed by atoms with van der Waals surface area (Å²) in [6.07, 6.45) is 2.72. The predicted octanol–water partition coefficient (Wildman–Crippen LogP) is 1.59. The molecule has 25 heavy (non-hydrogen) atoms. The lowest BCUT2D eigenvalue weighted by Gasteiger charge is -2.34. The molecule has 1 saturated heterocycles. The van der Waals surface area contributed by atoms with Crippen LogP contribution in [-0.4, -0.2) is 55.1 Å². The molecule has 1 fully saturated rings. The number of nitrogen functional groups attached to an aromatic ring is 1. The van der Waals surface area contributed by atoms with E-state index in [9.17, 15) is 8.42 Å². The second kappa shape index (κ2) is 7.03. The molecule has 0 radical (unpaired) electrons. The van der Waals surface area contributed by atoms with E-state index in [0.717, 1.165) is 0 Å². The molecule has 2 N–H and O–H groups in total. The highest BCUT2D eigenvalue weighted by Gasteiger charge is 2.26. The van der Waals surface area contributed by atoms with Crippen molar-refractivity contribution in [1.82, 2.24) is 14.3 Å². The molecule has 0 atom stereocenters. The molecule has 3 rings (SSSR count). The van der Waals surface area contributed by atoms with Crippen molar-refractivity contribution in [3.63, 3.8) is 0 Å². The Kier molecular flexibility index (Phi) is 4.98. The van der Waals surface area contributed by atoms with Crippen molar-refractivity contribution in [3.8, 4) is 11.5 Å². The maximum absolute atomic E-state index is 11.6. The third-order valence-corrected chi connectivity index (χ3v) is 5.36. The first kappa shape index (κ1) is 17.7. The molecule has 1 aliphatic rings. The number of hydrogen-bond donors (Lipinski definition) is 1. The van der Waals surface area contributed by atoms with Crippen LogP contribution in [0.4, 0.5) is 11.8 Å². The van der Waals surface area contributed by atoms with Gasteiger partial charge in [0.25, 0.3) is 0 Å². The van der Waals surface area contributed by atoms with E-state index in [4.69, 9.17) is 22.1 Å². The van der Waals surface area contributed by atoms with Crippen molar-refractivity contribution in [2.45, 2.75) is 0 Å². The van der Waals surface area contributed by atoms with Gasteiger partial charge in [0.1, 0.15) is 5.75 Å². The average molecular weight is 384 g/mol. The number of ether oxygens (including phenoxy) is 1. The van der Waals surface area contributed by atoms with Gasteiger partial charge in [0.2, 0.25) is 16.0 Å². The summed E-state index contributed by atoms with van der Waals surface area (Å²) in [5.41, 5.74) is 5.72. The fourth-order valence-electron chi connectivity index (χ4n) is 2.53. The average Bonchev–Trinajstić information content (AvgIpc) is 2.58. The summed E-state index contributed by atoms with van der Waals surface area (Å²) in [5, 5.41) is 0.609. The van der Waals surface area contributed by atoms with Gasteiger partial charge in [-0.2, -0.15) is 9.29 Å². The maximum Gasteiger partial charge on any atom is 0.222 e. The van der Waals surface area contributed by atoms with E-state index in [1.54, 1.807) is 24.3 Å². The van der Waals surface area contributed by atoms with Crippen molar-refractivity contribution >= 4 is 33.4 Å². The molecule has 0 amide bonds. The molecule has 2 aromatic rings. The van der Waals surface area contributed by atoms with E-state index < -0.39 is 10.0 Å². The van der Waals surface area contributed by atoms with Crippen LogP contribution in [0.1, 0.15) is 0 Å². The summed E-state index contributed by atoms with van der Waals surface area (Å²) in [5.74, 6) is 1.71. The predicted molar refractivity (Wildman–Crippen MR) is 96.6 cm³/mol. The molecular formula is C15H18ClN5O3S. The maximum atomic E-state index is 11.6. The lowest BCUT2D eigenvalue weighted by molar-refractivity contribution is 0.384. The SMILES string of the molecule is CS(=O)(=O)N1CCN(c2nc(N)ncc2Oc2ccc(Cl)cc2)CC1. The number of nitrogens with two attached hydrogens (primary N) is 1. The number of piperazine rings is 1. The lowest BCUT2D eigenvalue weighted by Crippen LogP contribution is -2.48. The molecule has 10 heteroatoms. The van der Waals surface area contributed by atoms with Gasteiger partial charge in [-0.15, -0.1) is 0 Å². The number of halogens is 1. The fraction of sp³-hybridized carbons (Fsp3) is 0.333. The summed E-state index contributed by atoms with van der Waals surface area (Å²) < 4.78 is 30.6. The van der Waals surface area contributed by atoms with Crippen LogP contribution in [0.15, 0.2) is 30.5 Å². The molecule has 0 aliphatic carbocycles. The smallest absolute Gasteiger partial charge is 0.222 e. The first-order valence-electron chi connectivity index (χ1n) is 7.59. The topological polar surface area (TPSA) is 102 Å². The monoisotopic (exact) mass is 383 g/mol. The quantitative estimate of drug-likeness (QED) is 0.855. The summed E-state index contributed by atoms with van der Waals surface area (Å²) in [6, 6.07) is 6.92. The highest BCUT2D eigenvalue weighted by atomic mass is 35.5. The number of benzene rings is 1. The van der Waals surface area contributed by atoms with Crippen LogP contribution in [0, 0.1) is 0 Å². The Bertz CT molecular complexity index is 852. The van der Waals surface area contributed by atoms with Crippen LogP contribution in [0.2, 0.25) is 5.02 Å². The Morgan fingerprint density at radius 1 is 1.16 bits per heavy atom. The molecule has 2 heterocycles. The Morgan fingerprint density at radius 2 is 1.80 bits per heavy atom. The molecule has 134 valence electrons. The third kappa shape index (κ3) is 4.30. The number of rotatable bonds is 4. The lowest BCUT2D eigenvalue weighted by atomic mass is 10.3. The number of sulfonamides is 1. The van der Waals surface area contributed by atoms with Gasteiger partial charge < -0.3 is 15.4 Å². The van der Waals surface area contributed by atoms with E-state index in [-0.39, 0.29) is 5.95 Å². The van der Waals surface area contributed by atoms with E-state index >= 15 is 0 Å². The molecule has 1 aliphatic heterocycles. The van der Waals surface area contributed by atoms with Crippen LogP contribution in [0.3, 0.4) is 0 Å². The van der Waals surface area contributed by atoms with Gasteiger partial charge in [-0.05, 0) is 24.3 Å². The van der Waals surface area contributed by atoms with E-state index in [0.29, 0.717) is 48.5 Å². The molecule has 0 spiro atoms. The number of nitrogens with zero attached hydrogens (tertiary/aromatic N) is 4. The Hall–Kier alpha value is -2.10. The highest BCUT2D eigenvalue weighted by molar-refractivity contribution is 7.88. The third-order valence-electron chi connectivity index (χ3n) is 3.80. The van der Waals surface area contributed by atoms with Gasteiger partial charge >= 0.3 is 0 Å². The zero-order chi connectivity index (χ0) is 18.0. The van der Waals surface area contributed by atoms with Crippen molar-refractivity contribution < 1.29 is 13.2 Å². The van der Waals surface area contributed by atoms with Crippen molar-refractivity contribution in [3.05, 3.63) is 35.5 Å². The zero-order valence-electron chi connectivity index (χ0n) is 13.6. The Labute approximate surface area is 151 Å². The summed E-state index contributed by atoms with van der Waals surface area (Å²) in [7, 11) is -3.20. The normalized spacial score (nSPS) is 16.0. The van der Waals surface area contributed by atoms with Gasteiger partial charge in [0.05, 0.1) is 12.5 Å². The Balaban J connectivity index is 1.81. The molecule has 0 bridgehead atoms. The second-order valence-corrected chi connectivity index (χ2v) is 8.04. The van der Waals surface area contributed by atoms with E-state index in [1.165, 1.54) is 16.8 Å². The highest BCUT2D eigenvalue weighted by Crippen LogP contribution is 2.31. The summed E-state index contributed by atoms with van der Waals surface area (Å²) in [6.45, 7) is 1.73. The number of hydrogen-bond acceptors (Lipinski definition) is 7.